The van der Waals surface area contributed by atoms with Gasteiger partial charge in [-0.15, -0.1) is 11.3 Å². The third kappa shape index (κ3) is 4.82. The lowest BCUT2D eigenvalue weighted by atomic mass is 10.2. The van der Waals surface area contributed by atoms with Crippen LogP contribution in [0.2, 0.25) is 4.34 Å². The minimum Gasteiger partial charge on any atom is -0.321 e. The molecule has 2 heterocycles. The van der Waals surface area contributed by atoms with Crippen LogP contribution in [0.4, 0.5) is 18.9 Å². The van der Waals surface area contributed by atoms with Crippen molar-refractivity contribution in [2.24, 2.45) is 0 Å². The summed E-state index contributed by atoms with van der Waals surface area (Å²) in [5.41, 5.74) is -0.344. The summed E-state index contributed by atoms with van der Waals surface area (Å²) in [6.45, 7) is 6.06. The zero-order valence-electron chi connectivity index (χ0n) is 14.8. The van der Waals surface area contributed by atoms with Crippen molar-refractivity contribution in [1.29, 1.82) is 0 Å². The quantitative estimate of drug-likeness (QED) is 0.625. The van der Waals surface area contributed by atoms with Crippen LogP contribution >= 0.6 is 22.9 Å². The van der Waals surface area contributed by atoms with Crippen LogP contribution in [0.25, 0.3) is 0 Å². The number of halogens is 4. The number of rotatable bonds is 5. The van der Waals surface area contributed by atoms with Crippen molar-refractivity contribution < 1.29 is 27.8 Å². The number of piperazine rings is 1. The van der Waals surface area contributed by atoms with Gasteiger partial charge in [-0.25, -0.2) is 13.2 Å². The first kappa shape index (κ1) is 20.1. The summed E-state index contributed by atoms with van der Waals surface area (Å²) in [5.74, 6) is -4.66. The molecule has 0 radical (unpaired) electrons. The molecule has 3 rings (SSSR count). The summed E-state index contributed by atoms with van der Waals surface area (Å²) < 4.78 is 40.8. The van der Waals surface area contributed by atoms with Gasteiger partial charge in [0, 0.05) is 0 Å². The Hall–Kier alpha value is -1.61. The number of amides is 1. The SMILES string of the molecule is C[C@H](C(=O)Nc1ccc(F)c(F)c1F)[NH+]1CC[NH+](Cc2ccc(Cl)s2)CC1. The van der Waals surface area contributed by atoms with Gasteiger partial charge in [0.25, 0.3) is 5.91 Å². The van der Waals surface area contributed by atoms with Gasteiger partial charge < -0.3 is 15.1 Å². The maximum atomic E-state index is 13.7. The van der Waals surface area contributed by atoms with E-state index in [0.29, 0.717) is 0 Å². The van der Waals surface area contributed by atoms with Crippen molar-refractivity contribution in [1.82, 2.24) is 0 Å². The van der Waals surface area contributed by atoms with Gasteiger partial charge in [0.1, 0.15) is 32.7 Å². The third-order valence-corrected chi connectivity index (χ3v) is 6.18. The Morgan fingerprint density at radius 2 is 1.85 bits per heavy atom. The Kier molecular flexibility index (Phi) is 6.41. The number of benzene rings is 1. The van der Waals surface area contributed by atoms with Crippen molar-refractivity contribution in [3.8, 4) is 0 Å². The summed E-state index contributed by atoms with van der Waals surface area (Å²) in [4.78, 5) is 16.1. The third-order valence-electron chi connectivity index (χ3n) is 4.95. The lowest BCUT2D eigenvalue weighted by molar-refractivity contribution is -1.02. The van der Waals surface area contributed by atoms with E-state index in [4.69, 9.17) is 11.6 Å². The van der Waals surface area contributed by atoms with E-state index in [1.807, 2.05) is 12.1 Å². The average molecular weight is 420 g/mol. The Balaban J connectivity index is 1.53. The molecule has 1 fully saturated rings. The Morgan fingerprint density at radius 1 is 1.15 bits per heavy atom. The molecule has 1 aromatic carbocycles. The van der Waals surface area contributed by atoms with E-state index in [1.165, 1.54) is 9.78 Å². The maximum absolute atomic E-state index is 13.7. The van der Waals surface area contributed by atoms with Gasteiger partial charge in [-0.05, 0) is 31.2 Å². The van der Waals surface area contributed by atoms with Gasteiger partial charge in [0.05, 0.1) is 14.9 Å². The fourth-order valence-electron chi connectivity index (χ4n) is 3.28. The van der Waals surface area contributed by atoms with Gasteiger partial charge in [-0.3, -0.25) is 4.79 Å². The predicted octanol–water partition coefficient (Wildman–Crippen LogP) is 1.13. The number of nitrogens with one attached hydrogen (secondary N) is 3. The number of quaternary nitrogens is 2. The van der Waals surface area contributed by atoms with Crippen molar-refractivity contribution in [3.05, 3.63) is 50.9 Å². The highest BCUT2D eigenvalue weighted by Crippen LogP contribution is 2.20. The van der Waals surface area contributed by atoms with E-state index >= 15 is 0 Å². The minimum absolute atomic E-state index is 0.344. The normalized spacial score (nSPS) is 21.1. The molecule has 1 aliphatic rings. The number of hydrogen-bond donors (Lipinski definition) is 3. The lowest BCUT2D eigenvalue weighted by Gasteiger charge is -2.32. The lowest BCUT2D eigenvalue weighted by Crippen LogP contribution is -3.29. The largest absolute Gasteiger partial charge is 0.321 e. The first-order valence-corrected chi connectivity index (χ1v) is 9.91. The smallest absolute Gasteiger partial charge is 0.282 e. The van der Waals surface area contributed by atoms with E-state index in [2.05, 4.69) is 5.32 Å². The van der Waals surface area contributed by atoms with Crippen LogP contribution in [0.15, 0.2) is 24.3 Å². The first-order valence-electron chi connectivity index (χ1n) is 8.72. The van der Waals surface area contributed by atoms with Crippen LogP contribution in [0, 0.1) is 17.5 Å². The van der Waals surface area contributed by atoms with E-state index in [-0.39, 0.29) is 5.69 Å². The van der Waals surface area contributed by atoms with Crippen LogP contribution in [0.1, 0.15) is 11.8 Å². The maximum Gasteiger partial charge on any atom is 0.282 e. The topological polar surface area (TPSA) is 38.0 Å². The highest BCUT2D eigenvalue weighted by molar-refractivity contribution is 7.16. The molecule has 0 aliphatic carbocycles. The second-order valence-electron chi connectivity index (χ2n) is 6.72. The second kappa shape index (κ2) is 8.60. The van der Waals surface area contributed by atoms with Gasteiger partial charge in [0.15, 0.2) is 23.5 Å². The molecule has 2 aromatic rings. The molecule has 9 heteroatoms. The monoisotopic (exact) mass is 419 g/mol. The summed E-state index contributed by atoms with van der Waals surface area (Å²) >= 11 is 7.54. The number of carbonyl (C=O) groups excluding carboxylic acids is 1. The van der Waals surface area contributed by atoms with Gasteiger partial charge >= 0.3 is 0 Å². The van der Waals surface area contributed by atoms with E-state index in [0.717, 1.165) is 54.1 Å². The molecular weight excluding hydrogens is 399 g/mol. The Morgan fingerprint density at radius 3 is 2.48 bits per heavy atom. The summed E-state index contributed by atoms with van der Waals surface area (Å²) in [7, 11) is 0. The first-order chi connectivity index (χ1) is 12.8. The summed E-state index contributed by atoms with van der Waals surface area (Å²) in [6.07, 6.45) is 0. The average Bonchev–Trinajstić information content (AvgIpc) is 3.07. The molecule has 3 N–H and O–H groups in total. The van der Waals surface area contributed by atoms with Crippen LogP contribution in [-0.2, 0) is 11.3 Å². The van der Waals surface area contributed by atoms with Crippen LogP contribution in [-0.4, -0.2) is 38.1 Å². The Bertz CT molecular complexity index is 824. The molecule has 146 valence electrons. The molecule has 1 amide bonds. The van der Waals surface area contributed by atoms with Gasteiger partial charge in [0.2, 0.25) is 0 Å². The molecule has 27 heavy (non-hydrogen) atoms. The highest BCUT2D eigenvalue weighted by atomic mass is 35.5. The predicted molar refractivity (Wildman–Crippen MR) is 98.8 cm³/mol. The number of thiophene rings is 1. The molecule has 1 aliphatic heterocycles. The van der Waals surface area contributed by atoms with Crippen molar-refractivity contribution in [3.63, 3.8) is 0 Å². The van der Waals surface area contributed by atoms with Crippen molar-refractivity contribution in [2.45, 2.75) is 19.5 Å². The fraction of sp³-hybridized carbons (Fsp3) is 0.389. The van der Waals surface area contributed by atoms with E-state index in [9.17, 15) is 18.0 Å². The fourth-order valence-corrected chi connectivity index (χ4v) is 4.44. The van der Waals surface area contributed by atoms with E-state index in [1.54, 1.807) is 18.3 Å². The summed E-state index contributed by atoms with van der Waals surface area (Å²) in [6, 6.07) is 5.33. The number of carbonyl (C=O) groups is 1. The molecule has 1 saturated heterocycles. The molecule has 0 bridgehead atoms. The number of hydrogen-bond acceptors (Lipinski definition) is 2. The van der Waals surface area contributed by atoms with Crippen LogP contribution < -0.4 is 15.1 Å². The standard InChI is InChI=1S/C18H19ClF3N3OS/c1-11(18(26)23-14-4-3-13(20)16(21)17(14)22)25-8-6-24(7-9-25)10-12-2-5-15(19)27-12/h2-5,11H,6-10H2,1H3,(H,23,26)/p+2/t11-/m1/s1. The van der Waals surface area contributed by atoms with Crippen LogP contribution in [0.5, 0.6) is 0 Å². The summed E-state index contributed by atoms with van der Waals surface area (Å²) in [5, 5.41) is 2.37. The molecule has 0 saturated carbocycles. The van der Waals surface area contributed by atoms with Crippen molar-refractivity contribution in [2.75, 3.05) is 31.5 Å². The molecule has 1 atom stereocenters. The highest BCUT2D eigenvalue weighted by Gasteiger charge is 2.31. The van der Waals surface area contributed by atoms with Crippen LogP contribution in [0.3, 0.4) is 0 Å². The molecule has 0 unspecified atom stereocenters. The zero-order chi connectivity index (χ0) is 19.6. The van der Waals surface area contributed by atoms with Gasteiger partial charge in [-0.1, -0.05) is 11.6 Å². The Labute approximate surface area is 164 Å². The number of anilines is 1. The minimum atomic E-state index is -1.58. The molecule has 1 aromatic heterocycles. The van der Waals surface area contributed by atoms with E-state index < -0.39 is 29.4 Å². The van der Waals surface area contributed by atoms with Gasteiger partial charge in [-0.2, -0.15) is 0 Å². The molecule has 4 nitrogen and oxygen atoms in total. The van der Waals surface area contributed by atoms with Crippen molar-refractivity contribution >= 4 is 34.5 Å². The second-order valence-corrected chi connectivity index (χ2v) is 8.52. The molecule has 0 spiro atoms. The molecular formula is C18H21ClF3N3OS+2. The zero-order valence-corrected chi connectivity index (χ0v) is 16.3.